The second kappa shape index (κ2) is 15.7. The number of nitrogens with zero attached hydrogens (tertiary/aromatic N) is 2. The summed E-state index contributed by atoms with van der Waals surface area (Å²) in [6.07, 6.45) is 0. The topological polar surface area (TPSA) is 17.8 Å². The fourth-order valence-electron chi connectivity index (χ4n) is 10.0. The molecule has 0 saturated heterocycles. The summed E-state index contributed by atoms with van der Waals surface area (Å²) in [4.78, 5) is 5.50. The van der Waals surface area contributed by atoms with Gasteiger partial charge < -0.3 is 0 Å². The van der Waals surface area contributed by atoms with E-state index in [-0.39, 0.29) is 0 Å². The molecular weight excluding hydrogens is 817 g/mol. The van der Waals surface area contributed by atoms with E-state index in [1.165, 1.54) is 86.2 Å². The third kappa shape index (κ3) is 6.43. The van der Waals surface area contributed by atoms with Gasteiger partial charge in [-0.05, 0) is 97.2 Å². The third-order valence-corrected chi connectivity index (χ3v) is 14.5. The zero-order valence-electron chi connectivity index (χ0n) is 35.9. The third-order valence-electron chi connectivity index (χ3n) is 13.3. The first kappa shape index (κ1) is 38.1. The molecule has 308 valence electrons. The minimum atomic E-state index is 0.880. The zero-order chi connectivity index (χ0) is 43.6. The van der Waals surface area contributed by atoms with Gasteiger partial charge in [-0.1, -0.05) is 206 Å². The van der Waals surface area contributed by atoms with Gasteiger partial charge in [0.1, 0.15) is 5.82 Å². The molecule has 2 nitrogen and oxygen atoms in total. The van der Waals surface area contributed by atoms with Crippen molar-refractivity contribution in [1.29, 1.82) is 0 Å². The van der Waals surface area contributed by atoms with Crippen molar-refractivity contribution in [3.63, 3.8) is 0 Å². The molecule has 0 aliphatic heterocycles. The minimum Gasteiger partial charge on any atom is -0.294 e. The van der Waals surface area contributed by atoms with E-state index in [1.54, 1.807) is 0 Å². The van der Waals surface area contributed by atoms with Gasteiger partial charge in [-0.15, -0.1) is 11.3 Å². The summed E-state index contributed by atoms with van der Waals surface area (Å²) >= 11 is 1.89. The molecule has 66 heavy (non-hydrogen) atoms. The van der Waals surface area contributed by atoms with E-state index in [9.17, 15) is 0 Å². The van der Waals surface area contributed by atoms with Crippen molar-refractivity contribution in [3.05, 3.63) is 243 Å². The molecule has 0 spiro atoms. The van der Waals surface area contributed by atoms with Crippen LogP contribution in [0.1, 0.15) is 0 Å². The molecule has 3 heterocycles. The van der Waals surface area contributed by atoms with Gasteiger partial charge >= 0.3 is 0 Å². The Morgan fingerprint density at radius 3 is 1.50 bits per heavy atom. The molecule has 13 rings (SSSR count). The van der Waals surface area contributed by atoms with Crippen LogP contribution in [0.3, 0.4) is 0 Å². The van der Waals surface area contributed by atoms with Crippen molar-refractivity contribution in [3.8, 4) is 72.7 Å². The summed E-state index contributed by atoms with van der Waals surface area (Å²) in [6, 6.07) is 88.2. The van der Waals surface area contributed by atoms with Gasteiger partial charge in [0.25, 0.3) is 0 Å². The van der Waals surface area contributed by atoms with Crippen molar-refractivity contribution in [2.24, 2.45) is 0 Å². The first-order valence-electron chi connectivity index (χ1n) is 22.5. The fraction of sp³-hybridized carbons (Fsp3) is 0. The average Bonchev–Trinajstić information content (AvgIpc) is 3.95. The molecule has 0 aliphatic carbocycles. The van der Waals surface area contributed by atoms with Crippen LogP contribution in [-0.4, -0.2) is 9.55 Å². The van der Waals surface area contributed by atoms with Crippen LogP contribution in [-0.2, 0) is 0 Å². The van der Waals surface area contributed by atoms with E-state index in [0.29, 0.717) is 0 Å². The summed E-state index contributed by atoms with van der Waals surface area (Å²) in [5.41, 5.74) is 16.2. The summed E-state index contributed by atoms with van der Waals surface area (Å²) in [5, 5.41) is 7.52. The Kier molecular flexibility index (Phi) is 9.07. The largest absolute Gasteiger partial charge is 0.294 e. The van der Waals surface area contributed by atoms with Crippen LogP contribution in [0, 0.1) is 0 Å². The summed E-state index contributed by atoms with van der Waals surface area (Å²) in [7, 11) is 0. The van der Waals surface area contributed by atoms with Crippen LogP contribution >= 0.6 is 11.3 Å². The molecule has 0 bridgehead atoms. The highest BCUT2D eigenvalue weighted by Gasteiger charge is 2.19. The standard InChI is InChI=1S/C63H40N2S/c1-3-14-41(15-4-1)43-28-30-45(31-29-43)48-39-58(46-34-32-44(33-35-46)42-16-5-2-6-17-42)64-62(40-48)65-59-26-9-7-18-53(59)57-38-47(36-37-60(57)65)49-20-11-22-51-50(49)21-12-23-52(51)55-24-13-25-56-54-19-8-10-27-61(54)66-63(55)56/h1-40H. The van der Waals surface area contributed by atoms with Crippen LogP contribution in [0.5, 0.6) is 0 Å². The van der Waals surface area contributed by atoms with Gasteiger partial charge in [0, 0.05) is 42.1 Å². The molecule has 10 aromatic carbocycles. The highest BCUT2D eigenvalue weighted by molar-refractivity contribution is 7.26. The van der Waals surface area contributed by atoms with Crippen molar-refractivity contribution in [2.45, 2.75) is 0 Å². The van der Waals surface area contributed by atoms with Crippen LogP contribution < -0.4 is 0 Å². The fourth-order valence-corrected chi connectivity index (χ4v) is 11.3. The maximum Gasteiger partial charge on any atom is 0.138 e. The predicted molar refractivity (Wildman–Crippen MR) is 282 cm³/mol. The molecule has 0 N–H and O–H groups in total. The second-order valence-electron chi connectivity index (χ2n) is 17.1. The molecule has 0 radical (unpaired) electrons. The number of para-hydroxylation sites is 1. The molecular formula is C63H40N2S. The number of fused-ring (bicyclic) bond motifs is 7. The Labute approximate surface area is 387 Å². The highest BCUT2D eigenvalue weighted by Crippen LogP contribution is 2.44. The molecule has 0 amide bonds. The van der Waals surface area contributed by atoms with Crippen molar-refractivity contribution >= 4 is 64.1 Å². The van der Waals surface area contributed by atoms with Crippen LogP contribution in [0.15, 0.2) is 243 Å². The lowest BCUT2D eigenvalue weighted by atomic mass is 9.92. The summed E-state index contributed by atoms with van der Waals surface area (Å²) in [5.74, 6) is 0.880. The van der Waals surface area contributed by atoms with E-state index >= 15 is 0 Å². The smallest absolute Gasteiger partial charge is 0.138 e. The van der Waals surface area contributed by atoms with Crippen molar-refractivity contribution < 1.29 is 0 Å². The van der Waals surface area contributed by atoms with Gasteiger partial charge in [0.2, 0.25) is 0 Å². The Morgan fingerprint density at radius 2 is 0.788 bits per heavy atom. The monoisotopic (exact) mass is 856 g/mol. The van der Waals surface area contributed by atoms with Gasteiger partial charge in [-0.2, -0.15) is 0 Å². The van der Waals surface area contributed by atoms with Crippen molar-refractivity contribution in [2.75, 3.05) is 0 Å². The van der Waals surface area contributed by atoms with Gasteiger partial charge in [-0.3, -0.25) is 4.57 Å². The SMILES string of the molecule is c1ccc(-c2ccc(-c3cc(-c4ccc(-c5ccccc5)cc4)nc(-n4c5ccccc5c5cc(-c6cccc7c(-c8cccc9c8sc8ccccc89)cccc67)ccc54)c3)cc2)cc1. The number of rotatable bonds is 7. The lowest BCUT2D eigenvalue weighted by molar-refractivity contribution is 1.08. The van der Waals surface area contributed by atoms with Gasteiger partial charge in [0.15, 0.2) is 0 Å². The first-order valence-corrected chi connectivity index (χ1v) is 23.3. The maximum absolute atomic E-state index is 5.50. The zero-order valence-corrected chi connectivity index (χ0v) is 36.7. The summed E-state index contributed by atoms with van der Waals surface area (Å²) < 4.78 is 5.01. The molecule has 0 atom stereocenters. The quantitative estimate of drug-likeness (QED) is 0.156. The molecule has 0 aliphatic rings. The molecule has 3 aromatic heterocycles. The Hall–Kier alpha value is -8.37. The molecule has 0 saturated carbocycles. The number of thiophene rings is 1. The van der Waals surface area contributed by atoms with Gasteiger partial charge in [-0.25, -0.2) is 4.98 Å². The van der Waals surface area contributed by atoms with E-state index in [2.05, 4.69) is 247 Å². The number of benzene rings is 10. The van der Waals surface area contributed by atoms with Crippen molar-refractivity contribution in [1.82, 2.24) is 9.55 Å². The highest BCUT2D eigenvalue weighted by atomic mass is 32.1. The lowest BCUT2D eigenvalue weighted by Crippen LogP contribution is -2.00. The van der Waals surface area contributed by atoms with E-state index < -0.39 is 0 Å². The van der Waals surface area contributed by atoms with Crippen LogP contribution in [0.4, 0.5) is 0 Å². The Bertz CT molecular complexity index is 3850. The number of hydrogen-bond donors (Lipinski definition) is 0. The number of aromatic nitrogens is 2. The summed E-state index contributed by atoms with van der Waals surface area (Å²) in [6.45, 7) is 0. The second-order valence-corrected chi connectivity index (χ2v) is 18.1. The van der Waals surface area contributed by atoms with E-state index in [0.717, 1.165) is 39.2 Å². The predicted octanol–water partition coefficient (Wildman–Crippen LogP) is 17.7. The molecule has 0 unspecified atom stereocenters. The lowest BCUT2D eigenvalue weighted by Gasteiger charge is -2.14. The molecule has 13 aromatic rings. The maximum atomic E-state index is 5.50. The van der Waals surface area contributed by atoms with Gasteiger partial charge in [0.05, 0.1) is 16.7 Å². The molecule has 3 heteroatoms. The Balaban J connectivity index is 0.960. The van der Waals surface area contributed by atoms with E-state index in [1.807, 2.05) is 11.3 Å². The normalized spacial score (nSPS) is 11.6. The first-order chi connectivity index (χ1) is 32.7. The minimum absolute atomic E-state index is 0.880. The van der Waals surface area contributed by atoms with Crippen LogP contribution in [0.25, 0.3) is 125 Å². The Morgan fingerprint density at radius 1 is 0.288 bits per heavy atom. The van der Waals surface area contributed by atoms with E-state index in [4.69, 9.17) is 4.98 Å². The van der Waals surface area contributed by atoms with Crippen LogP contribution in [0.2, 0.25) is 0 Å². The number of hydrogen-bond acceptors (Lipinski definition) is 2. The average molecular weight is 857 g/mol. The number of pyridine rings is 1. The molecule has 0 fully saturated rings.